The van der Waals surface area contributed by atoms with Gasteiger partial charge in [-0.3, -0.25) is 9.69 Å². The van der Waals surface area contributed by atoms with Crippen LogP contribution in [0.25, 0.3) is 0 Å². The van der Waals surface area contributed by atoms with Crippen molar-refractivity contribution in [3.05, 3.63) is 0 Å². The molecule has 2 N–H and O–H groups in total. The van der Waals surface area contributed by atoms with E-state index in [9.17, 15) is 4.79 Å². The van der Waals surface area contributed by atoms with Gasteiger partial charge in [0.15, 0.2) is 0 Å². The van der Waals surface area contributed by atoms with Gasteiger partial charge in [-0.1, -0.05) is 20.3 Å². The molecule has 112 valence electrons. The SMILES string of the molecule is CCCCN(C(C)CC)C1CCC(N)(C(=O)OC)C1. The first-order chi connectivity index (χ1) is 8.98. The number of hydrogen-bond acceptors (Lipinski definition) is 4. The molecule has 0 aromatic rings. The molecule has 1 saturated carbocycles. The van der Waals surface area contributed by atoms with Crippen LogP contribution in [0.5, 0.6) is 0 Å². The zero-order chi connectivity index (χ0) is 14.5. The molecule has 1 aliphatic carbocycles. The third-order valence-electron chi connectivity index (χ3n) is 4.51. The van der Waals surface area contributed by atoms with Gasteiger partial charge >= 0.3 is 5.97 Å². The van der Waals surface area contributed by atoms with Crippen LogP contribution < -0.4 is 5.73 Å². The predicted octanol–water partition coefficient (Wildman–Crippen LogP) is 2.31. The molecule has 0 amide bonds. The summed E-state index contributed by atoms with van der Waals surface area (Å²) in [5, 5.41) is 0. The van der Waals surface area contributed by atoms with Gasteiger partial charge in [0.1, 0.15) is 5.54 Å². The van der Waals surface area contributed by atoms with Crippen molar-refractivity contribution in [2.45, 2.75) is 76.9 Å². The summed E-state index contributed by atoms with van der Waals surface area (Å²) in [4.78, 5) is 14.3. The average Bonchev–Trinajstić information content (AvgIpc) is 2.81. The van der Waals surface area contributed by atoms with Crippen molar-refractivity contribution in [1.29, 1.82) is 0 Å². The van der Waals surface area contributed by atoms with E-state index in [2.05, 4.69) is 25.7 Å². The Morgan fingerprint density at radius 3 is 2.74 bits per heavy atom. The van der Waals surface area contributed by atoms with E-state index in [1.165, 1.54) is 20.0 Å². The molecular weight excluding hydrogens is 240 g/mol. The Labute approximate surface area is 117 Å². The van der Waals surface area contributed by atoms with Crippen molar-refractivity contribution in [3.63, 3.8) is 0 Å². The predicted molar refractivity (Wildman–Crippen MR) is 77.9 cm³/mol. The molecule has 0 radical (unpaired) electrons. The molecule has 0 aliphatic heterocycles. The number of esters is 1. The Morgan fingerprint density at radius 1 is 1.53 bits per heavy atom. The normalized spacial score (nSPS) is 28.6. The van der Waals surface area contributed by atoms with E-state index in [-0.39, 0.29) is 5.97 Å². The van der Waals surface area contributed by atoms with E-state index in [1.807, 2.05) is 0 Å². The number of hydrogen-bond donors (Lipinski definition) is 1. The van der Waals surface area contributed by atoms with Crippen molar-refractivity contribution in [2.24, 2.45) is 5.73 Å². The highest BCUT2D eigenvalue weighted by atomic mass is 16.5. The lowest BCUT2D eigenvalue weighted by molar-refractivity contribution is -0.147. The number of unbranched alkanes of at least 4 members (excludes halogenated alkanes) is 1. The second kappa shape index (κ2) is 7.25. The summed E-state index contributed by atoms with van der Waals surface area (Å²) in [7, 11) is 1.42. The van der Waals surface area contributed by atoms with Crippen LogP contribution in [0, 0.1) is 0 Å². The zero-order valence-corrected chi connectivity index (χ0v) is 12.9. The van der Waals surface area contributed by atoms with E-state index < -0.39 is 5.54 Å². The molecule has 0 spiro atoms. The highest BCUT2D eigenvalue weighted by Crippen LogP contribution is 2.33. The Hall–Kier alpha value is -0.610. The minimum absolute atomic E-state index is 0.255. The van der Waals surface area contributed by atoms with E-state index >= 15 is 0 Å². The third-order valence-corrected chi connectivity index (χ3v) is 4.51. The van der Waals surface area contributed by atoms with E-state index in [1.54, 1.807) is 0 Å². The van der Waals surface area contributed by atoms with Crippen molar-refractivity contribution in [1.82, 2.24) is 4.90 Å². The molecule has 1 aliphatic rings. The fraction of sp³-hybridized carbons (Fsp3) is 0.933. The van der Waals surface area contributed by atoms with Crippen LogP contribution >= 0.6 is 0 Å². The van der Waals surface area contributed by atoms with Crippen molar-refractivity contribution in [3.8, 4) is 0 Å². The standard InChI is InChI=1S/C15H30N2O2/c1-5-7-10-17(12(3)6-2)13-8-9-15(16,11-13)14(18)19-4/h12-13H,5-11,16H2,1-4H3. The van der Waals surface area contributed by atoms with Gasteiger partial charge in [-0.2, -0.15) is 0 Å². The maximum Gasteiger partial charge on any atom is 0.325 e. The Kier molecular flexibility index (Phi) is 6.27. The fourth-order valence-corrected chi connectivity index (χ4v) is 3.06. The highest BCUT2D eigenvalue weighted by molar-refractivity contribution is 5.81. The van der Waals surface area contributed by atoms with Gasteiger partial charge in [-0.15, -0.1) is 0 Å². The van der Waals surface area contributed by atoms with Gasteiger partial charge in [-0.25, -0.2) is 0 Å². The lowest BCUT2D eigenvalue weighted by atomic mass is 9.98. The van der Waals surface area contributed by atoms with Crippen LogP contribution in [0.1, 0.15) is 59.3 Å². The number of nitrogens with zero attached hydrogens (tertiary/aromatic N) is 1. The molecule has 0 aromatic heterocycles. The summed E-state index contributed by atoms with van der Waals surface area (Å²) in [5.74, 6) is -0.255. The number of nitrogens with two attached hydrogens (primary N) is 1. The van der Waals surface area contributed by atoms with E-state index in [4.69, 9.17) is 10.5 Å². The smallest absolute Gasteiger partial charge is 0.325 e. The first-order valence-corrected chi connectivity index (χ1v) is 7.61. The Balaban J connectivity index is 2.69. The van der Waals surface area contributed by atoms with E-state index in [0.717, 1.165) is 32.2 Å². The molecule has 3 unspecified atom stereocenters. The van der Waals surface area contributed by atoms with Crippen LogP contribution in [-0.4, -0.2) is 42.1 Å². The van der Waals surface area contributed by atoms with Crippen molar-refractivity contribution < 1.29 is 9.53 Å². The molecule has 4 heteroatoms. The van der Waals surface area contributed by atoms with Crippen LogP contribution in [0.3, 0.4) is 0 Å². The summed E-state index contributed by atoms with van der Waals surface area (Å²) in [5.41, 5.74) is 5.44. The first-order valence-electron chi connectivity index (χ1n) is 7.61. The lowest BCUT2D eigenvalue weighted by Crippen LogP contribution is -2.49. The summed E-state index contributed by atoms with van der Waals surface area (Å²) < 4.78 is 4.85. The summed E-state index contributed by atoms with van der Waals surface area (Å²) >= 11 is 0. The topological polar surface area (TPSA) is 55.6 Å². The van der Waals surface area contributed by atoms with Gasteiger partial charge in [0, 0.05) is 12.1 Å². The monoisotopic (exact) mass is 270 g/mol. The summed E-state index contributed by atoms with van der Waals surface area (Å²) in [6, 6.07) is 0.974. The molecule has 0 aromatic carbocycles. The molecule has 1 fully saturated rings. The van der Waals surface area contributed by atoms with Crippen LogP contribution in [0.2, 0.25) is 0 Å². The van der Waals surface area contributed by atoms with Crippen LogP contribution in [0.4, 0.5) is 0 Å². The second-order valence-electron chi connectivity index (χ2n) is 5.89. The minimum Gasteiger partial charge on any atom is -0.468 e. The third kappa shape index (κ3) is 3.93. The molecule has 1 rings (SSSR count). The van der Waals surface area contributed by atoms with Crippen LogP contribution in [-0.2, 0) is 9.53 Å². The molecule has 0 bridgehead atoms. The zero-order valence-electron chi connectivity index (χ0n) is 12.9. The number of ether oxygens (including phenoxy) is 1. The van der Waals surface area contributed by atoms with Gasteiger partial charge in [0.25, 0.3) is 0 Å². The lowest BCUT2D eigenvalue weighted by Gasteiger charge is -2.35. The highest BCUT2D eigenvalue weighted by Gasteiger charge is 2.45. The summed E-state index contributed by atoms with van der Waals surface area (Å²) in [6.07, 6.45) is 6.01. The summed E-state index contributed by atoms with van der Waals surface area (Å²) in [6.45, 7) is 7.80. The Morgan fingerprint density at radius 2 is 2.21 bits per heavy atom. The quantitative estimate of drug-likeness (QED) is 0.721. The number of methoxy groups -OCH3 is 1. The molecule has 0 heterocycles. The number of rotatable bonds is 7. The second-order valence-corrected chi connectivity index (χ2v) is 5.89. The van der Waals surface area contributed by atoms with Crippen molar-refractivity contribution >= 4 is 5.97 Å². The number of carbonyl (C=O) groups excluding carboxylic acids is 1. The van der Waals surface area contributed by atoms with E-state index in [0.29, 0.717) is 12.1 Å². The van der Waals surface area contributed by atoms with Crippen LogP contribution in [0.15, 0.2) is 0 Å². The maximum absolute atomic E-state index is 11.8. The molecule has 4 nitrogen and oxygen atoms in total. The van der Waals surface area contributed by atoms with Gasteiger partial charge in [-0.05, 0) is 45.6 Å². The van der Waals surface area contributed by atoms with Crippen molar-refractivity contribution in [2.75, 3.05) is 13.7 Å². The molecule has 3 atom stereocenters. The first kappa shape index (κ1) is 16.4. The average molecular weight is 270 g/mol. The largest absolute Gasteiger partial charge is 0.468 e. The number of carbonyl (C=O) groups is 1. The van der Waals surface area contributed by atoms with Gasteiger partial charge < -0.3 is 10.5 Å². The molecular formula is C15H30N2O2. The fourth-order valence-electron chi connectivity index (χ4n) is 3.06. The Bertz CT molecular complexity index is 296. The minimum atomic E-state index is -0.767. The maximum atomic E-state index is 11.8. The van der Waals surface area contributed by atoms with Gasteiger partial charge in [0.2, 0.25) is 0 Å². The molecule has 0 saturated heterocycles. The molecule has 19 heavy (non-hydrogen) atoms. The van der Waals surface area contributed by atoms with Gasteiger partial charge in [0.05, 0.1) is 7.11 Å².